The summed E-state index contributed by atoms with van der Waals surface area (Å²) in [5.41, 5.74) is 0.594. The van der Waals surface area contributed by atoms with Crippen molar-refractivity contribution >= 4 is 5.97 Å². The van der Waals surface area contributed by atoms with Gasteiger partial charge in [0.1, 0.15) is 17.1 Å². The smallest absolute Gasteiger partial charge is 0.342 e. The third-order valence-corrected chi connectivity index (χ3v) is 4.83. The number of rotatable bonds is 1. The Labute approximate surface area is 147 Å². The van der Waals surface area contributed by atoms with Crippen molar-refractivity contribution in [1.29, 1.82) is 0 Å². The minimum Gasteiger partial charge on any atom is -0.508 e. The zero-order chi connectivity index (χ0) is 18.0. The summed E-state index contributed by atoms with van der Waals surface area (Å²) in [7, 11) is 1.58. The molecule has 0 spiro atoms. The summed E-state index contributed by atoms with van der Waals surface area (Å²) in [5.74, 6) is 0.123. The first-order valence-electron chi connectivity index (χ1n) is 8.61. The molecule has 3 rings (SSSR count). The van der Waals surface area contributed by atoms with Crippen LogP contribution in [-0.4, -0.2) is 35.5 Å². The number of phenols is 2. The number of phenolic OH excluding ortho intramolecular Hbond substituents is 2. The maximum atomic E-state index is 12.6. The first kappa shape index (κ1) is 17.5. The number of cyclic esters (lactones) is 1. The van der Waals surface area contributed by atoms with E-state index in [9.17, 15) is 15.0 Å². The van der Waals surface area contributed by atoms with Crippen LogP contribution in [0.2, 0.25) is 0 Å². The fourth-order valence-corrected chi connectivity index (χ4v) is 3.40. The second-order valence-corrected chi connectivity index (χ2v) is 6.86. The summed E-state index contributed by atoms with van der Waals surface area (Å²) < 4.78 is 11.0. The highest BCUT2D eigenvalue weighted by atomic mass is 16.5. The molecule has 0 bridgehead atoms. The second-order valence-electron chi connectivity index (χ2n) is 6.86. The van der Waals surface area contributed by atoms with E-state index in [1.54, 1.807) is 7.11 Å². The van der Waals surface area contributed by atoms with Crippen molar-refractivity contribution in [2.45, 2.75) is 38.4 Å². The Bertz CT molecular complexity index is 706. The van der Waals surface area contributed by atoms with Gasteiger partial charge in [0.05, 0.1) is 12.2 Å². The predicted octanol–water partition coefficient (Wildman–Crippen LogP) is 3.35. The van der Waals surface area contributed by atoms with E-state index in [1.807, 2.05) is 25.2 Å². The molecule has 1 saturated carbocycles. The van der Waals surface area contributed by atoms with Gasteiger partial charge in [-0.05, 0) is 43.2 Å². The topological polar surface area (TPSA) is 76.0 Å². The molecule has 1 aliphatic carbocycles. The fourth-order valence-electron chi connectivity index (χ4n) is 3.40. The molecule has 0 aromatic heterocycles. The number of aromatic hydroxyl groups is 2. The van der Waals surface area contributed by atoms with Crippen LogP contribution in [0.15, 0.2) is 36.4 Å². The van der Waals surface area contributed by atoms with Gasteiger partial charge < -0.3 is 19.7 Å². The van der Waals surface area contributed by atoms with Gasteiger partial charge in [0.25, 0.3) is 0 Å². The molecule has 1 heterocycles. The van der Waals surface area contributed by atoms with Crippen LogP contribution < -0.4 is 0 Å². The van der Waals surface area contributed by atoms with E-state index in [0.717, 1.165) is 18.9 Å². The first-order chi connectivity index (χ1) is 12.0. The van der Waals surface area contributed by atoms with E-state index < -0.39 is 5.97 Å². The molecule has 1 aromatic rings. The zero-order valence-electron chi connectivity index (χ0n) is 14.5. The molecule has 1 fully saturated rings. The van der Waals surface area contributed by atoms with Gasteiger partial charge in [0.15, 0.2) is 0 Å². The average Bonchev–Trinajstić information content (AvgIpc) is 3.26. The molecule has 0 amide bonds. The van der Waals surface area contributed by atoms with Crippen molar-refractivity contribution in [2.75, 3.05) is 7.11 Å². The largest absolute Gasteiger partial charge is 0.508 e. The number of fused-ring (bicyclic) bond motifs is 2. The number of allylic oxidation sites excluding steroid dienone is 3. The summed E-state index contributed by atoms with van der Waals surface area (Å²) in [6.07, 6.45) is 9.79. The van der Waals surface area contributed by atoms with Crippen molar-refractivity contribution in [3.8, 4) is 11.5 Å². The molecular formula is C20H24O5. The third kappa shape index (κ3) is 4.23. The Morgan fingerprint density at radius 2 is 1.92 bits per heavy atom. The van der Waals surface area contributed by atoms with Crippen LogP contribution in [0.4, 0.5) is 0 Å². The molecule has 1 aromatic carbocycles. The Kier molecular flexibility index (Phi) is 5.13. The molecule has 1 aliphatic heterocycles. The lowest BCUT2D eigenvalue weighted by atomic mass is 9.99. The predicted molar refractivity (Wildman–Crippen MR) is 93.6 cm³/mol. The van der Waals surface area contributed by atoms with Crippen LogP contribution in [0.3, 0.4) is 0 Å². The van der Waals surface area contributed by atoms with Gasteiger partial charge in [-0.1, -0.05) is 24.3 Å². The zero-order valence-corrected chi connectivity index (χ0v) is 14.5. The quantitative estimate of drug-likeness (QED) is 0.764. The molecule has 5 nitrogen and oxygen atoms in total. The van der Waals surface area contributed by atoms with E-state index in [-0.39, 0.29) is 29.3 Å². The lowest BCUT2D eigenvalue weighted by molar-refractivity contribution is 0.0306. The van der Waals surface area contributed by atoms with Crippen LogP contribution in [0.25, 0.3) is 0 Å². The van der Waals surface area contributed by atoms with E-state index in [2.05, 4.69) is 6.08 Å². The van der Waals surface area contributed by atoms with Crippen molar-refractivity contribution < 1.29 is 24.5 Å². The molecule has 2 aliphatic rings. The van der Waals surface area contributed by atoms with Gasteiger partial charge in [-0.25, -0.2) is 4.79 Å². The molecule has 134 valence electrons. The lowest BCUT2D eigenvalue weighted by Gasteiger charge is -2.18. The van der Waals surface area contributed by atoms with Gasteiger partial charge in [-0.3, -0.25) is 0 Å². The fraction of sp³-hybridized carbons (Fsp3) is 0.450. The number of carbonyl (C=O) groups is 1. The van der Waals surface area contributed by atoms with Crippen LogP contribution in [0, 0.1) is 11.8 Å². The van der Waals surface area contributed by atoms with Crippen LogP contribution in [-0.2, 0) is 15.9 Å². The van der Waals surface area contributed by atoms with Gasteiger partial charge in [-0.15, -0.1) is 0 Å². The Balaban J connectivity index is 1.96. The van der Waals surface area contributed by atoms with Crippen molar-refractivity contribution in [2.24, 2.45) is 11.8 Å². The van der Waals surface area contributed by atoms with Crippen LogP contribution in [0.1, 0.15) is 35.7 Å². The van der Waals surface area contributed by atoms with Gasteiger partial charge in [0.2, 0.25) is 0 Å². The van der Waals surface area contributed by atoms with Crippen molar-refractivity contribution in [3.05, 3.63) is 47.6 Å². The maximum Gasteiger partial charge on any atom is 0.342 e. The number of benzene rings is 1. The summed E-state index contributed by atoms with van der Waals surface area (Å²) in [6, 6.07) is 2.63. The molecule has 4 atom stereocenters. The molecule has 25 heavy (non-hydrogen) atoms. The molecule has 0 saturated heterocycles. The first-order valence-corrected chi connectivity index (χ1v) is 8.61. The molecular weight excluding hydrogens is 320 g/mol. The van der Waals surface area contributed by atoms with Crippen LogP contribution >= 0.6 is 0 Å². The molecule has 0 radical (unpaired) electrons. The minimum absolute atomic E-state index is 0.0973. The molecule has 2 N–H and O–H groups in total. The Morgan fingerprint density at radius 3 is 2.68 bits per heavy atom. The highest BCUT2D eigenvalue weighted by Crippen LogP contribution is 2.43. The number of methoxy groups -OCH3 is 1. The summed E-state index contributed by atoms with van der Waals surface area (Å²) in [5, 5.41) is 20.0. The molecule has 5 heteroatoms. The lowest BCUT2D eigenvalue weighted by Crippen LogP contribution is -2.19. The van der Waals surface area contributed by atoms with Crippen molar-refractivity contribution in [1.82, 2.24) is 0 Å². The highest BCUT2D eigenvalue weighted by molar-refractivity contribution is 5.94. The average molecular weight is 344 g/mol. The van der Waals surface area contributed by atoms with E-state index >= 15 is 0 Å². The summed E-state index contributed by atoms with van der Waals surface area (Å²) >= 11 is 0. The monoisotopic (exact) mass is 344 g/mol. The van der Waals surface area contributed by atoms with E-state index in [1.165, 1.54) is 6.07 Å². The SMILES string of the molecule is CO[C@H]1/C=C/C=C\[C@H]2C[C@@H]2C[C@@H](C)OC(=O)c2c(O)cc(O)cc2C1. The number of esters is 1. The normalized spacial score (nSPS) is 31.8. The number of carbonyl (C=O) groups excluding carboxylic acids is 1. The maximum absolute atomic E-state index is 12.6. The number of hydrogen-bond acceptors (Lipinski definition) is 5. The van der Waals surface area contributed by atoms with Crippen LogP contribution in [0.5, 0.6) is 11.5 Å². The standard InChI is InChI=1S/C20H24O5/c1-12-7-14-8-13(14)5-3-4-6-17(24-2)10-15-9-16(21)11-18(22)19(15)20(23)25-12/h3-6,9,11-14,17,21-22H,7-8,10H2,1-2H3/b5-3-,6-4+/t12-,13+,14+,17+/m1/s1. The van der Waals surface area contributed by atoms with Gasteiger partial charge >= 0.3 is 5.97 Å². The van der Waals surface area contributed by atoms with Gasteiger partial charge in [-0.2, -0.15) is 0 Å². The Morgan fingerprint density at radius 1 is 1.16 bits per heavy atom. The summed E-state index contributed by atoms with van der Waals surface area (Å²) in [6.45, 7) is 1.87. The minimum atomic E-state index is -0.566. The summed E-state index contributed by atoms with van der Waals surface area (Å²) in [4.78, 5) is 12.6. The highest BCUT2D eigenvalue weighted by Gasteiger charge is 2.36. The third-order valence-electron chi connectivity index (χ3n) is 4.83. The van der Waals surface area contributed by atoms with E-state index in [4.69, 9.17) is 9.47 Å². The van der Waals surface area contributed by atoms with Gasteiger partial charge in [0, 0.05) is 19.6 Å². The van der Waals surface area contributed by atoms with E-state index in [0.29, 0.717) is 23.8 Å². The van der Waals surface area contributed by atoms with Crippen molar-refractivity contribution in [3.63, 3.8) is 0 Å². The Hall–Kier alpha value is -2.27. The second kappa shape index (κ2) is 7.31. The number of ether oxygens (including phenoxy) is 2. The number of hydrogen-bond donors (Lipinski definition) is 2. The molecule has 0 unspecified atom stereocenters.